The Bertz CT molecular complexity index is 1270. The SMILES string of the molecule is Nc1cc(-c2ccc(F)cc2)c(NC(=O)c2cccc([N+](=O)[O-])c2)cc1C=NCCN1CCOCC1. The standard InChI is InChI=1S/C26H26FN5O4/c27-21-6-4-18(5-7-21)23-16-24(28)20(17-29-8-9-31-10-12-36-13-11-31)15-25(23)30-26(33)19-2-1-3-22(14-19)32(34)35/h1-7,14-17H,8-13,28H2,(H,30,33). The number of benzene rings is 3. The smallest absolute Gasteiger partial charge is 0.270 e. The molecule has 1 saturated heterocycles. The average Bonchev–Trinajstić information content (AvgIpc) is 2.89. The van der Waals surface area contributed by atoms with E-state index in [4.69, 9.17) is 10.5 Å². The van der Waals surface area contributed by atoms with Gasteiger partial charge in [-0.05, 0) is 35.9 Å². The molecule has 3 aromatic carbocycles. The number of nitrogens with two attached hydrogens (primary N) is 1. The highest BCUT2D eigenvalue weighted by atomic mass is 19.1. The van der Waals surface area contributed by atoms with Crippen molar-refractivity contribution in [1.82, 2.24) is 4.90 Å². The van der Waals surface area contributed by atoms with Crippen LogP contribution in [0.5, 0.6) is 0 Å². The van der Waals surface area contributed by atoms with Crippen molar-refractivity contribution in [3.63, 3.8) is 0 Å². The van der Waals surface area contributed by atoms with Gasteiger partial charge in [0.1, 0.15) is 5.82 Å². The Kier molecular flexibility index (Phi) is 7.99. The Morgan fingerprint density at radius 2 is 1.92 bits per heavy atom. The molecular formula is C26H26FN5O4. The minimum absolute atomic E-state index is 0.131. The molecule has 4 rings (SSSR count). The first kappa shape index (κ1) is 25.0. The van der Waals surface area contributed by atoms with Gasteiger partial charge in [0.15, 0.2) is 0 Å². The summed E-state index contributed by atoms with van der Waals surface area (Å²) in [4.78, 5) is 30.3. The van der Waals surface area contributed by atoms with Gasteiger partial charge in [-0.2, -0.15) is 0 Å². The van der Waals surface area contributed by atoms with Gasteiger partial charge in [-0.3, -0.25) is 24.8 Å². The maximum atomic E-state index is 13.5. The van der Waals surface area contributed by atoms with Crippen LogP contribution in [0.1, 0.15) is 15.9 Å². The van der Waals surface area contributed by atoms with Crippen molar-refractivity contribution >= 4 is 29.2 Å². The molecule has 10 heteroatoms. The Labute approximate surface area is 207 Å². The van der Waals surface area contributed by atoms with E-state index in [9.17, 15) is 19.3 Å². The highest BCUT2D eigenvalue weighted by molar-refractivity contribution is 6.08. The van der Waals surface area contributed by atoms with Crippen molar-refractivity contribution in [3.8, 4) is 11.1 Å². The lowest BCUT2D eigenvalue weighted by Gasteiger charge is -2.25. The van der Waals surface area contributed by atoms with Crippen molar-refractivity contribution < 1.29 is 18.8 Å². The van der Waals surface area contributed by atoms with Crippen molar-refractivity contribution in [1.29, 1.82) is 0 Å². The number of rotatable bonds is 8. The highest BCUT2D eigenvalue weighted by Gasteiger charge is 2.16. The van der Waals surface area contributed by atoms with Gasteiger partial charge in [-0.15, -0.1) is 0 Å². The lowest BCUT2D eigenvalue weighted by molar-refractivity contribution is -0.384. The molecule has 0 atom stereocenters. The second-order valence-corrected chi connectivity index (χ2v) is 8.28. The third-order valence-electron chi connectivity index (χ3n) is 5.83. The number of ether oxygens (including phenoxy) is 1. The molecule has 3 aromatic rings. The number of morpholine rings is 1. The van der Waals surface area contributed by atoms with Crippen LogP contribution in [0.3, 0.4) is 0 Å². The van der Waals surface area contributed by atoms with Gasteiger partial charge >= 0.3 is 0 Å². The predicted octanol–water partition coefficient (Wildman–Crippen LogP) is 3.99. The largest absolute Gasteiger partial charge is 0.398 e. The van der Waals surface area contributed by atoms with E-state index in [-0.39, 0.29) is 11.3 Å². The zero-order valence-corrected chi connectivity index (χ0v) is 19.5. The summed E-state index contributed by atoms with van der Waals surface area (Å²) in [6, 6.07) is 14.7. The van der Waals surface area contributed by atoms with E-state index < -0.39 is 16.6 Å². The van der Waals surface area contributed by atoms with Gasteiger partial charge in [-0.25, -0.2) is 4.39 Å². The molecule has 186 valence electrons. The van der Waals surface area contributed by atoms with Crippen LogP contribution in [0.4, 0.5) is 21.5 Å². The predicted molar refractivity (Wildman–Crippen MR) is 137 cm³/mol. The van der Waals surface area contributed by atoms with E-state index in [0.717, 1.165) is 32.8 Å². The van der Waals surface area contributed by atoms with E-state index in [1.165, 1.54) is 36.4 Å². The number of amides is 1. The minimum atomic E-state index is -0.560. The molecule has 9 nitrogen and oxygen atoms in total. The summed E-state index contributed by atoms with van der Waals surface area (Å²) >= 11 is 0. The number of halogens is 1. The number of carbonyl (C=O) groups is 1. The molecule has 0 unspecified atom stereocenters. The fourth-order valence-electron chi connectivity index (χ4n) is 3.86. The molecule has 0 aliphatic carbocycles. The zero-order chi connectivity index (χ0) is 25.5. The summed E-state index contributed by atoms with van der Waals surface area (Å²) in [7, 11) is 0. The first-order valence-corrected chi connectivity index (χ1v) is 11.5. The van der Waals surface area contributed by atoms with E-state index in [2.05, 4.69) is 15.2 Å². The maximum absolute atomic E-state index is 13.5. The molecule has 36 heavy (non-hydrogen) atoms. The number of anilines is 2. The van der Waals surface area contributed by atoms with Crippen LogP contribution in [0, 0.1) is 15.9 Å². The minimum Gasteiger partial charge on any atom is -0.398 e. The van der Waals surface area contributed by atoms with Gasteiger partial charge in [0.25, 0.3) is 11.6 Å². The van der Waals surface area contributed by atoms with Crippen LogP contribution in [0.15, 0.2) is 65.7 Å². The normalized spacial score (nSPS) is 14.1. The molecule has 0 aromatic heterocycles. The van der Waals surface area contributed by atoms with Crippen LogP contribution >= 0.6 is 0 Å². The monoisotopic (exact) mass is 491 g/mol. The first-order valence-electron chi connectivity index (χ1n) is 11.5. The number of nitro benzene ring substituents is 1. The van der Waals surface area contributed by atoms with Crippen molar-refractivity contribution in [2.45, 2.75) is 0 Å². The topological polar surface area (TPSA) is 123 Å². The summed E-state index contributed by atoms with van der Waals surface area (Å²) in [5.41, 5.74) is 8.94. The van der Waals surface area contributed by atoms with Crippen molar-refractivity contribution in [2.75, 3.05) is 50.4 Å². The molecule has 0 saturated carbocycles. The van der Waals surface area contributed by atoms with E-state index in [1.807, 2.05) is 0 Å². The molecule has 3 N–H and O–H groups in total. The number of aliphatic imine (C=N–C) groups is 1. The Morgan fingerprint density at radius 3 is 2.64 bits per heavy atom. The van der Waals surface area contributed by atoms with Crippen LogP contribution in [-0.2, 0) is 4.74 Å². The van der Waals surface area contributed by atoms with E-state index in [1.54, 1.807) is 30.5 Å². The first-order chi connectivity index (χ1) is 17.4. The van der Waals surface area contributed by atoms with Crippen molar-refractivity contribution in [3.05, 3.63) is 87.7 Å². The Morgan fingerprint density at radius 1 is 1.17 bits per heavy atom. The number of non-ortho nitro benzene ring substituents is 1. The molecule has 0 radical (unpaired) electrons. The summed E-state index contributed by atoms with van der Waals surface area (Å²) in [6.07, 6.45) is 1.66. The highest BCUT2D eigenvalue weighted by Crippen LogP contribution is 2.33. The molecule has 1 aliphatic heterocycles. The second-order valence-electron chi connectivity index (χ2n) is 8.28. The third-order valence-corrected chi connectivity index (χ3v) is 5.83. The Hall–Kier alpha value is -4.15. The number of nitro groups is 1. The fourth-order valence-corrected chi connectivity index (χ4v) is 3.86. The lowest BCUT2D eigenvalue weighted by Crippen LogP contribution is -2.37. The number of hydrogen-bond acceptors (Lipinski definition) is 7. The average molecular weight is 492 g/mol. The number of nitrogens with one attached hydrogen (secondary N) is 1. The third kappa shape index (κ3) is 6.29. The fraction of sp³-hybridized carbons (Fsp3) is 0.231. The molecule has 1 fully saturated rings. The maximum Gasteiger partial charge on any atom is 0.270 e. The quantitative estimate of drug-likeness (QED) is 0.213. The molecule has 0 bridgehead atoms. The van der Waals surface area contributed by atoms with Gasteiger partial charge in [-0.1, -0.05) is 18.2 Å². The van der Waals surface area contributed by atoms with E-state index >= 15 is 0 Å². The number of carbonyl (C=O) groups excluding carboxylic acids is 1. The summed E-state index contributed by atoms with van der Waals surface area (Å²) in [5.74, 6) is -0.917. The molecule has 1 amide bonds. The van der Waals surface area contributed by atoms with Gasteiger partial charge in [0, 0.05) is 66.0 Å². The Balaban J connectivity index is 1.60. The van der Waals surface area contributed by atoms with Gasteiger partial charge in [0.05, 0.1) is 24.7 Å². The van der Waals surface area contributed by atoms with Crippen molar-refractivity contribution in [2.24, 2.45) is 4.99 Å². The number of hydrogen-bond donors (Lipinski definition) is 2. The summed E-state index contributed by atoms with van der Waals surface area (Å²) in [5, 5.41) is 13.9. The molecule has 1 heterocycles. The summed E-state index contributed by atoms with van der Waals surface area (Å²) < 4.78 is 18.9. The zero-order valence-electron chi connectivity index (χ0n) is 19.5. The number of nitrogen functional groups attached to an aromatic ring is 1. The van der Waals surface area contributed by atoms with Gasteiger partial charge in [0.2, 0.25) is 0 Å². The van der Waals surface area contributed by atoms with Crippen LogP contribution in [-0.4, -0.2) is 61.3 Å². The van der Waals surface area contributed by atoms with Gasteiger partial charge < -0.3 is 15.8 Å². The number of nitrogens with zero attached hydrogens (tertiary/aromatic N) is 3. The molecule has 1 aliphatic rings. The van der Waals surface area contributed by atoms with Crippen LogP contribution in [0.25, 0.3) is 11.1 Å². The lowest BCUT2D eigenvalue weighted by atomic mass is 9.99. The second kappa shape index (κ2) is 11.5. The summed E-state index contributed by atoms with van der Waals surface area (Å²) in [6.45, 7) is 4.55. The molecular weight excluding hydrogens is 465 g/mol. The van der Waals surface area contributed by atoms with Crippen LogP contribution in [0.2, 0.25) is 0 Å². The molecule has 0 spiro atoms. The van der Waals surface area contributed by atoms with Crippen LogP contribution < -0.4 is 11.1 Å². The van der Waals surface area contributed by atoms with E-state index in [0.29, 0.717) is 34.6 Å².